The molecule has 0 amide bonds. The Labute approximate surface area is 108 Å². The summed E-state index contributed by atoms with van der Waals surface area (Å²) in [6.07, 6.45) is 1.80. The van der Waals surface area contributed by atoms with Gasteiger partial charge < -0.3 is 14.7 Å². The summed E-state index contributed by atoms with van der Waals surface area (Å²) in [5.74, 6) is 2.44. The number of halogens is 1. The Morgan fingerprint density at radius 2 is 2.22 bits per heavy atom. The van der Waals surface area contributed by atoms with Gasteiger partial charge in [0.1, 0.15) is 23.0 Å². The van der Waals surface area contributed by atoms with E-state index in [9.17, 15) is 0 Å². The standard InChI is InChI=1S/C12H11ClN4O/c1-7-2-3-8(18-7)6-15-11-9-4-5-14-10(9)16-12(13)17-11/h2-5H,6H2,1H3,(H2,14,15,16,17). The lowest BCUT2D eigenvalue weighted by Gasteiger charge is -2.05. The van der Waals surface area contributed by atoms with Gasteiger partial charge in [-0.15, -0.1) is 0 Å². The van der Waals surface area contributed by atoms with Gasteiger partial charge in [0, 0.05) is 6.20 Å². The van der Waals surface area contributed by atoms with Crippen LogP contribution in [0.3, 0.4) is 0 Å². The van der Waals surface area contributed by atoms with Crippen LogP contribution in [-0.4, -0.2) is 15.0 Å². The van der Waals surface area contributed by atoms with Gasteiger partial charge in [-0.25, -0.2) is 4.98 Å². The first-order valence-corrected chi connectivity index (χ1v) is 5.90. The number of nitrogens with zero attached hydrogens (tertiary/aromatic N) is 2. The summed E-state index contributed by atoms with van der Waals surface area (Å²) in [6.45, 7) is 2.47. The van der Waals surface area contributed by atoms with Crippen molar-refractivity contribution in [1.82, 2.24) is 15.0 Å². The maximum absolute atomic E-state index is 5.86. The number of hydrogen-bond donors (Lipinski definition) is 2. The molecule has 0 bridgehead atoms. The van der Waals surface area contributed by atoms with Gasteiger partial charge in [-0.2, -0.15) is 4.98 Å². The SMILES string of the molecule is Cc1ccc(CNc2nc(Cl)nc3[nH]ccc23)o1. The van der Waals surface area contributed by atoms with Gasteiger partial charge in [-0.3, -0.25) is 0 Å². The summed E-state index contributed by atoms with van der Waals surface area (Å²) >= 11 is 5.86. The van der Waals surface area contributed by atoms with Gasteiger partial charge in [-0.1, -0.05) is 0 Å². The lowest BCUT2D eigenvalue weighted by atomic mass is 10.3. The summed E-state index contributed by atoms with van der Waals surface area (Å²) in [7, 11) is 0. The molecule has 5 nitrogen and oxygen atoms in total. The molecule has 2 N–H and O–H groups in total. The largest absolute Gasteiger partial charge is 0.465 e. The van der Waals surface area contributed by atoms with E-state index < -0.39 is 0 Å². The molecule has 6 heteroatoms. The highest BCUT2D eigenvalue weighted by molar-refractivity contribution is 6.28. The van der Waals surface area contributed by atoms with Crippen LogP contribution in [0.5, 0.6) is 0 Å². The Morgan fingerprint density at radius 3 is 3.00 bits per heavy atom. The fraction of sp³-hybridized carbons (Fsp3) is 0.167. The molecule has 0 spiro atoms. The van der Waals surface area contributed by atoms with Gasteiger partial charge >= 0.3 is 0 Å². The van der Waals surface area contributed by atoms with Crippen LogP contribution in [-0.2, 0) is 6.54 Å². The molecule has 0 atom stereocenters. The van der Waals surface area contributed by atoms with Gasteiger partial charge in [-0.05, 0) is 36.7 Å². The van der Waals surface area contributed by atoms with E-state index >= 15 is 0 Å². The molecule has 3 aromatic rings. The van der Waals surface area contributed by atoms with E-state index in [1.54, 1.807) is 6.20 Å². The molecular weight excluding hydrogens is 252 g/mol. The molecule has 0 aliphatic carbocycles. The predicted molar refractivity (Wildman–Crippen MR) is 69.7 cm³/mol. The van der Waals surface area contributed by atoms with Crippen LogP contribution in [0.2, 0.25) is 5.28 Å². The second-order valence-corrected chi connectivity index (χ2v) is 4.29. The zero-order valence-corrected chi connectivity index (χ0v) is 10.5. The van der Waals surface area contributed by atoms with Gasteiger partial charge in [0.05, 0.1) is 11.9 Å². The lowest BCUT2D eigenvalue weighted by molar-refractivity contribution is 0.490. The van der Waals surface area contributed by atoms with E-state index in [0.29, 0.717) is 18.0 Å². The molecule has 3 rings (SSSR count). The molecule has 0 saturated heterocycles. The molecule has 0 aliphatic rings. The lowest BCUT2D eigenvalue weighted by Crippen LogP contribution is -2.01. The Kier molecular flexibility index (Phi) is 2.68. The molecule has 18 heavy (non-hydrogen) atoms. The summed E-state index contributed by atoms with van der Waals surface area (Å²) in [5, 5.41) is 4.31. The molecule has 3 aromatic heterocycles. The van der Waals surface area contributed by atoms with Crippen LogP contribution >= 0.6 is 11.6 Å². The van der Waals surface area contributed by atoms with Crippen LogP contribution < -0.4 is 5.32 Å². The zero-order chi connectivity index (χ0) is 12.5. The Morgan fingerprint density at radius 1 is 1.33 bits per heavy atom. The third-order valence-electron chi connectivity index (χ3n) is 2.61. The highest BCUT2D eigenvalue weighted by Crippen LogP contribution is 2.21. The number of aryl methyl sites for hydroxylation is 1. The minimum atomic E-state index is 0.211. The normalized spacial score (nSPS) is 11.0. The summed E-state index contributed by atoms with van der Waals surface area (Å²) in [5.41, 5.74) is 0.716. The van der Waals surface area contributed by atoms with E-state index in [-0.39, 0.29) is 5.28 Å². The van der Waals surface area contributed by atoms with Crippen molar-refractivity contribution in [2.45, 2.75) is 13.5 Å². The minimum Gasteiger partial charge on any atom is -0.465 e. The van der Waals surface area contributed by atoms with Gasteiger partial charge in [0.15, 0.2) is 0 Å². The minimum absolute atomic E-state index is 0.211. The van der Waals surface area contributed by atoms with E-state index in [2.05, 4.69) is 20.3 Å². The summed E-state index contributed by atoms with van der Waals surface area (Å²) < 4.78 is 5.48. The van der Waals surface area contributed by atoms with Crippen molar-refractivity contribution in [2.24, 2.45) is 0 Å². The maximum Gasteiger partial charge on any atom is 0.226 e. The molecule has 0 aliphatic heterocycles. The maximum atomic E-state index is 5.86. The molecule has 0 fully saturated rings. The number of furan rings is 1. The number of H-pyrrole nitrogens is 1. The van der Waals surface area contributed by atoms with Gasteiger partial charge in [0.2, 0.25) is 5.28 Å². The molecule has 0 saturated carbocycles. The second kappa shape index (κ2) is 4.34. The van der Waals surface area contributed by atoms with Crippen LogP contribution in [0, 0.1) is 6.92 Å². The number of aromatic amines is 1. The zero-order valence-electron chi connectivity index (χ0n) is 9.70. The molecule has 3 heterocycles. The first-order chi connectivity index (χ1) is 8.72. The van der Waals surface area contributed by atoms with E-state index in [4.69, 9.17) is 16.0 Å². The van der Waals surface area contributed by atoms with Crippen LogP contribution in [0.15, 0.2) is 28.8 Å². The first-order valence-electron chi connectivity index (χ1n) is 5.52. The van der Waals surface area contributed by atoms with Crippen molar-refractivity contribution in [1.29, 1.82) is 0 Å². The Bertz CT molecular complexity index is 688. The number of rotatable bonds is 3. The monoisotopic (exact) mass is 262 g/mol. The highest BCUT2D eigenvalue weighted by atomic mass is 35.5. The van der Waals surface area contributed by atoms with Crippen molar-refractivity contribution in [3.05, 3.63) is 41.2 Å². The van der Waals surface area contributed by atoms with Crippen molar-refractivity contribution in [3.8, 4) is 0 Å². The van der Waals surface area contributed by atoms with Crippen molar-refractivity contribution in [3.63, 3.8) is 0 Å². The average molecular weight is 263 g/mol. The number of anilines is 1. The van der Waals surface area contributed by atoms with Crippen molar-refractivity contribution >= 4 is 28.5 Å². The Hall–Kier alpha value is -2.01. The van der Waals surface area contributed by atoms with Gasteiger partial charge in [0.25, 0.3) is 0 Å². The number of fused-ring (bicyclic) bond motifs is 1. The molecule has 0 unspecified atom stereocenters. The summed E-state index contributed by atoms with van der Waals surface area (Å²) in [6, 6.07) is 5.76. The van der Waals surface area contributed by atoms with Crippen LogP contribution in [0.1, 0.15) is 11.5 Å². The summed E-state index contributed by atoms with van der Waals surface area (Å²) in [4.78, 5) is 11.3. The number of aromatic nitrogens is 3. The topological polar surface area (TPSA) is 66.7 Å². The number of nitrogens with one attached hydrogen (secondary N) is 2. The second-order valence-electron chi connectivity index (χ2n) is 3.95. The fourth-order valence-electron chi connectivity index (χ4n) is 1.80. The van der Waals surface area contributed by atoms with Crippen molar-refractivity contribution in [2.75, 3.05) is 5.32 Å². The fourth-order valence-corrected chi connectivity index (χ4v) is 1.97. The highest BCUT2D eigenvalue weighted by Gasteiger charge is 2.08. The number of hydrogen-bond acceptors (Lipinski definition) is 4. The Balaban J connectivity index is 1.87. The average Bonchev–Trinajstić information content (AvgIpc) is 2.94. The van der Waals surface area contributed by atoms with E-state index in [0.717, 1.165) is 16.9 Å². The molecular formula is C12H11ClN4O. The van der Waals surface area contributed by atoms with Crippen LogP contribution in [0.4, 0.5) is 5.82 Å². The third-order valence-corrected chi connectivity index (χ3v) is 2.78. The first kappa shape index (κ1) is 11.1. The quantitative estimate of drug-likeness (QED) is 0.712. The van der Waals surface area contributed by atoms with E-state index in [1.165, 1.54) is 0 Å². The molecule has 0 radical (unpaired) electrons. The third kappa shape index (κ3) is 2.04. The molecule has 0 aromatic carbocycles. The predicted octanol–water partition coefficient (Wildman–Crippen LogP) is 3.12. The van der Waals surface area contributed by atoms with Crippen molar-refractivity contribution < 1.29 is 4.42 Å². The smallest absolute Gasteiger partial charge is 0.226 e. The molecule has 92 valence electrons. The van der Waals surface area contributed by atoms with Crippen LogP contribution in [0.25, 0.3) is 11.0 Å². The van der Waals surface area contributed by atoms with E-state index in [1.807, 2.05) is 25.1 Å².